The Kier molecular flexibility index (Phi) is 7.27. The maximum atomic E-state index is 12.9. The second-order valence-corrected chi connectivity index (χ2v) is 7.20. The third-order valence-corrected chi connectivity index (χ3v) is 4.65. The predicted octanol–water partition coefficient (Wildman–Crippen LogP) is 4.57. The summed E-state index contributed by atoms with van der Waals surface area (Å²) in [7, 11) is 0. The van der Waals surface area contributed by atoms with Gasteiger partial charge in [-0.05, 0) is 48.9 Å². The lowest BCUT2D eigenvalue weighted by molar-refractivity contribution is -0.137. The van der Waals surface area contributed by atoms with Crippen molar-refractivity contribution in [3.63, 3.8) is 0 Å². The van der Waals surface area contributed by atoms with Gasteiger partial charge in [0, 0.05) is 29.5 Å². The van der Waals surface area contributed by atoms with E-state index in [1.807, 2.05) is 6.92 Å². The second-order valence-electron chi connectivity index (χ2n) is 7.20. The van der Waals surface area contributed by atoms with Crippen LogP contribution in [-0.4, -0.2) is 21.6 Å². The number of halogens is 3. The summed E-state index contributed by atoms with van der Waals surface area (Å²) >= 11 is 0. The molecule has 33 heavy (non-hydrogen) atoms. The topological polar surface area (TPSA) is 93.1 Å². The van der Waals surface area contributed by atoms with Crippen LogP contribution < -0.4 is 16.2 Å². The molecule has 0 unspecified atom stereocenters. The van der Waals surface area contributed by atoms with E-state index in [4.69, 9.17) is 0 Å². The van der Waals surface area contributed by atoms with E-state index in [2.05, 4.69) is 15.7 Å². The van der Waals surface area contributed by atoms with Crippen molar-refractivity contribution in [1.29, 1.82) is 0 Å². The zero-order valence-electron chi connectivity index (χ0n) is 17.6. The third kappa shape index (κ3) is 6.28. The summed E-state index contributed by atoms with van der Waals surface area (Å²) in [5.74, 6) is -1.22. The Morgan fingerprint density at radius 2 is 1.61 bits per heavy atom. The molecule has 2 amide bonds. The Morgan fingerprint density at radius 1 is 0.939 bits per heavy atom. The van der Waals surface area contributed by atoms with Crippen LogP contribution in [0.4, 0.5) is 24.5 Å². The molecule has 0 bridgehead atoms. The van der Waals surface area contributed by atoms with Gasteiger partial charge in [0.05, 0.1) is 5.56 Å². The number of hydrogen-bond donors (Lipinski definition) is 2. The van der Waals surface area contributed by atoms with E-state index in [1.54, 1.807) is 6.07 Å². The van der Waals surface area contributed by atoms with Gasteiger partial charge in [-0.1, -0.05) is 25.5 Å². The number of carbonyl (C=O) groups is 2. The van der Waals surface area contributed by atoms with Crippen molar-refractivity contribution in [3.8, 4) is 0 Å². The van der Waals surface area contributed by atoms with Gasteiger partial charge in [0.25, 0.3) is 17.4 Å². The minimum atomic E-state index is -4.53. The maximum absolute atomic E-state index is 12.9. The fourth-order valence-electron chi connectivity index (χ4n) is 2.95. The summed E-state index contributed by atoms with van der Waals surface area (Å²) in [5, 5.41) is 9.09. The van der Waals surface area contributed by atoms with Gasteiger partial charge in [-0.25, -0.2) is 4.68 Å². The first-order valence-corrected chi connectivity index (χ1v) is 10.2. The number of hydrogen-bond acceptors (Lipinski definition) is 4. The molecule has 0 saturated carbocycles. The highest BCUT2D eigenvalue weighted by molar-refractivity contribution is 6.06. The number of aromatic nitrogens is 2. The molecule has 0 spiro atoms. The molecule has 1 heterocycles. The third-order valence-electron chi connectivity index (χ3n) is 4.65. The van der Waals surface area contributed by atoms with E-state index in [0.29, 0.717) is 6.54 Å². The van der Waals surface area contributed by atoms with Crippen molar-refractivity contribution in [2.75, 3.05) is 10.6 Å². The molecular formula is C23H21F3N4O3. The summed E-state index contributed by atoms with van der Waals surface area (Å²) in [5.41, 5.74) is -0.759. The molecule has 172 valence electrons. The van der Waals surface area contributed by atoms with Gasteiger partial charge >= 0.3 is 6.18 Å². The van der Waals surface area contributed by atoms with Gasteiger partial charge < -0.3 is 10.6 Å². The Morgan fingerprint density at radius 3 is 2.30 bits per heavy atom. The average Bonchev–Trinajstić information content (AvgIpc) is 2.78. The molecule has 0 aliphatic rings. The first kappa shape index (κ1) is 23.7. The van der Waals surface area contributed by atoms with Gasteiger partial charge in [0.2, 0.25) is 0 Å². The molecule has 2 N–H and O–H groups in total. The van der Waals surface area contributed by atoms with Crippen LogP contribution in [-0.2, 0) is 12.7 Å². The normalized spacial score (nSPS) is 11.2. The smallest absolute Gasteiger partial charge is 0.322 e. The van der Waals surface area contributed by atoms with Gasteiger partial charge in [0.15, 0.2) is 0 Å². The highest BCUT2D eigenvalue weighted by Crippen LogP contribution is 2.30. The van der Waals surface area contributed by atoms with E-state index in [-0.39, 0.29) is 28.2 Å². The average molecular weight is 458 g/mol. The van der Waals surface area contributed by atoms with E-state index >= 15 is 0 Å². The van der Waals surface area contributed by atoms with Crippen LogP contribution in [0.15, 0.2) is 65.5 Å². The summed E-state index contributed by atoms with van der Waals surface area (Å²) < 4.78 is 39.8. The van der Waals surface area contributed by atoms with E-state index < -0.39 is 23.6 Å². The highest BCUT2D eigenvalue weighted by Gasteiger charge is 2.30. The monoisotopic (exact) mass is 458 g/mol. The number of benzene rings is 2. The molecule has 7 nitrogen and oxygen atoms in total. The quantitative estimate of drug-likeness (QED) is 0.543. The van der Waals surface area contributed by atoms with Gasteiger partial charge in [-0.2, -0.15) is 18.3 Å². The maximum Gasteiger partial charge on any atom is 0.416 e. The number of aryl methyl sites for hydroxylation is 1. The number of unbranched alkanes of at least 4 members (excludes halogenated alkanes) is 1. The lowest BCUT2D eigenvalue weighted by atomic mass is 10.1. The summed E-state index contributed by atoms with van der Waals surface area (Å²) in [6.07, 6.45) is -2.93. The molecule has 0 aliphatic carbocycles. The summed E-state index contributed by atoms with van der Waals surface area (Å²) in [6, 6.07) is 12.8. The Balaban J connectivity index is 1.73. The van der Waals surface area contributed by atoms with Crippen LogP contribution in [0, 0.1) is 0 Å². The largest absolute Gasteiger partial charge is 0.416 e. The van der Waals surface area contributed by atoms with E-state index in [0.717, 1.165) is 25.0 Å². The SMILES string of the molecule is CCCCn1nc(C(=O)Nc2cccc(C(=O)Nc3cccc(C(F)(F)F)c3)c2)ccc1=O. The standard InChI is InChI=1S/C23H21F3N4O3/c1-2-3-12-30-20(31)11-10-19(29-30)22(33)28-17-8-4-6-15(13-17)21(32)27-18-9-5-7-16(14-18)23(24,25)26/h4-11,13-14H,2-3,12H2,1H3,(H,27,32)(H,28,33). The summed E-state index contributed by atoms with van der Waals surface area (Å²) in [4.78, 5) is 36.9. The number of nitrogens with zero attached hydrogens (tertiary/aromatic N) is 2. The predicted molar refractivity (Wildman–Crippen MR) is 117 cm³/mol. The molecule has 0 atom stereocenters. The van der Waals surface area contributed by atoms with Crippen molar-refractivity contribution in [1.82, 2.24) is 9.78 Å². The van der Waals surface area contributed by atoms with Crippen molar-refractivity contribution in [2.24, 2.45) is 0 Å². The number of rotatable bonds is 7. The fourth-order valence-corrected chi connectivity index (χ4v) is 2.95. The molecule has 0 aliphatic heterocycles. The first-order chi connectivity index (χ1) is 15.7. The zero-order valence-corrected chi connectivity index (χ0v) is 17.6. The summed E-state index contributed by atoms with van der Waals surface area (Å²) in [6.45, 7) is 2.36. The minimum Gasteiger partial charge on any atom is -0.322 e. The van der Waals surface area contributed by atoms with Gasteiger partial charge in [-0.15, -0.1) is 0 Å². The highest BCUT2D eigenvalue weighted by atomic mass is 19.4. The zero-order chi connectivity index (χ0) is 24.0. The second kappa shape index (κ2) is 10.1. The Labute approximate surface area is 187 Å². The molecule has 3 rings (SSSR count). The fraction of sp³-hybridized carbons (Fsp3) is 0.217. The van der Waals surface area contributed by atoms with Crippen LogP contribution in [0.5, 0.6) is 0 Å². The van der Waals surface area contributed by atoms with Gasteiger partial charge in [0.1, 0.15) is 5.69 Å². The number of anilines is 2. The minimum absolute atomic E-state index is 0.0113. The van der Waals surface area contributed by atoms with Crippen LogP contribution >= 0.6 is 0 Å². The molecule has 1 aromatic heterocycles. The van der Waals surface area contributed by atoms with Crippen LogP contribution in [0.3, 0.4) is 0 Å². The van der Waals surface area contributed by atoms with Gasteiger partial charge in [-0.3, -0.25) is 14.4 Å². The number of alkyl halides is 3. The molecule has 10 heteroatoms. The Bertz CT molecular complexity index is 1220. The van der Waals surface area contributed by atoms with Crippen LogP contribution in [0.25, 0.3) is 0 Å². The van der Waals surface area contributed by atoms with Crippen LogP contribution in [0.1, 0.15) is 46.2 Å². The van der Waals surface area contributed by atoms with E-state index in [9.17, 15) is 27.6 Å². The number of nitrogens with one attached hydrogen (secondary N) is 2. The van der Waals surface area contributed by atoms with Crippen molar-refractivity contribution in [3.05, 3.63) is 87.8 Å². The van der Waals surface area contributed by atoms with Crippen molar-refractivity contribution >= 4 is 23.2 Å². The van der Waals surface area contributed by atoms with Crippen LogP contribution in [0.2, 0.25) is 0 Å². The first-order valence-electron chi connectivity index (χ1n) is 10.2. The van der Waals surface area contributed by atoms with Crippen molar-refractivity contribution < 1.29 is 22.8 Å². The lowest BCUT2D eigenvalue weighted by Gasteiger charge is -2.11. The molecule has 3 aromatic rings. The molecule has 0 fully saturated rings. The number of carbonyl (C=O) groups excluding carboxylic acids is 2. The molecular weight excluding hydrogens is 437 g/mol. The van der Waals surface area contributed by atoms with Crippen molar-refractivity contribution in [2.45, 2.75) is 32.5 Å². The number of amides is 2. The molecule has 0 radical (unpaired) electrons. The molecule has 2 aromatic carbocycles. The molecule has 0 saturated heterocycles. The lowest BCUT2D eigenvalue weighted by Crippen LogP contribution is -2.26. The Hall–Kier alpha value is -3.95. The van der Waals surface area contributed by atoms with E-state index in [1.165, 1.54) is 47.1 Å².